The number of halogens is 1. The summed E-state index contributed by atoms with van der Waals surface area (Å²) < 4.78 is 28.2. The van der Waals surface area contributed by atoms with E-state index < -0.39 is 15.9 Å². The number of rotatable bonds is 6. The maximum atomic E-state index is 13.4. The minimum Gasteiger partial charge on any atom is -0.290 e. The lowest BCUT2D eigenvalue weighted by Gasteiger charge is -2.26. The van der Waals surface area contributed by atoms with E-state index in [0.29, 0.717) is 21.8 Å². The van der Waals surface area contributed by atoms with Crippen LogP contribution in [0.3, 0.4) is 0 Å². The molecule has 0 heterocycles. The number of carbonyl (C=O) groups excluding carboxylic acids is 1. The lowest BCUT2D eigenvalue weighted by atomic mass is 10.1. The molecule has 0 saturated heterocycles. The number of carbonyl (C=O) groups is 1. The van der Waals surface area contributed by atoms with Gasteiger partial charge < -0.3 is 0 Å². The van der Waals surface area contributed by atoms with E-state index in [1.54, 1.807) is 72.8 Å². The number of nitrogen functional groups attached to an aromatic ring is 1. The van der Waals surface area contributed by atoms with Gasteiger partial charge in [-0.2, -0.15) is 0 Å². The van der Waals surface area contributed by atoms with Crippen LogP contribution in [-0.4, -0.2) is 14.3 Å². The van der Waals surface area contributed by atoms with Gasteiger partial charge in [0.25, 0.3) is 15.9 Å². The summed E-state index contributed by atoms with van der Waals surface area (Å²) in [7, 11) is -3.85. The van der Waals surface area contributed by atoms with Crippen molar-refractivity contribution in [3.05, 3.63) is 94.5 Å². The summed E-state index contributed by atoms with van der Waals surface area (Å²) in [6.45, 7) is 1.90. The molecule has 0 fully saturated rings. The number of nitrogens with one attached hydrogen (secondary N) is 1. The van der Waals surface area contributed by atoms with Gasteiger partial charge >= 0.3 is 0 Å². The van der Waals surface area contributed by atoms with Gasteiger partial charge in [0.05, 0.1) is 17.1 Å². The maximum absolute atomic E-state index is 13.4. The molecule has 0 aliphatic rings. The van der Waals surface area contributed by atoms with Gasteiger partial charge in [0, 0.05) is 10.6 Å². The Kier molecular flexibility index (Phi) is 6.22. The van der Waals surface area contributed by atoms with Crippen LogP contribution < -0.4 is 15.6 Å². The molecule has 3 rings (SSSR count). The van der Waals surface area contributed by atoms with Crippen LogP contribution in [0.25, 0.3) is 0 Å². The summed E-state index contributed by atoms with van der Waals surface area (Å²) in [5.41, 5.74) is 4.42. The fourth-order valence-corrected chi connectivity index (χ4v) is 4.58. The molecule has 0 aliphatic carbocycles. The summed E-state index contributed by atoms with van der Waals surface area (Å²) >= 11 is 6.15. The third-order valence-corrected chi connectivity index (χ3v) is 6.45. The van der Waals surface area contributed by atoms with Crippen molar-refractivity contribution in [1.29, 1.82) is 0 Å². The molecule has 0 radical (unpaired) electrons. The van der Waals surface area contributed by atoms with Crippen LogP contribution in [0.5, 0.6) is 0 Å². The third kappa shape index (κ3) is 4.59. The number of amides is 1. The van der Waals surface area contributed by atoms with Crippen LogP contribution in [0.4, 0.5) is 5.69 Å². The standard InChI is InChI=1S/C21H20ClN3O3S/c1-15-7-12-18(22)13-20(15)25(29(27,28)19-5-3-2-4-6-19)14-16-8-10-17(11-9-16)21(26)24-23/h2-13H,14,23H2,1H3,(H,24,26). The summed E-state index contributed by atoms with van der Waals surface area (Å²) in [6.07, 6.45) is 0. The van der Waals surface area contributed by atoms with Crippen LogP contribution in [0.1, 0.15) is 21.5 Å². The monoisotopic (exact) mass is 429 g/mol. The van der Waals surface area contributed by atoms with Crippen molar-refractivity contribution < 1.29 is 13.2 Å². The Labute approximate surface area is 174 Å². The van der Waals surface area contributed by atoms with Crippen molar-refractivity contribution in [2.24, 2.45) is 5.84 Å². The number of nitrogens with zero attached hydrogens (tertiary/aromatic N) is 1. The van der Waals surface area contributed by atoms with E-state index >= 15 is 0 Å². The number of aryl methyl sites for hydroxylation is 1. The number of benzene rings is 3. The Bertz CT molecular complexity index is 1120. The minimum atomic E-state index is -3.85. The van der Waals surface area contributed by atoms with Gasteiger partial charge in [-0.05, 0) is 54.4 Å². The fraction of sp³-hybridized carbons (Fsp3) is 0.0952. The predicted molar refractivity (Wildman–Crippen MR) is 114 cm³/mol. The van der Waals surface area contributed by atoms with Crippen molar-refractivity contribution >= 4 is 33.2 Å². The fourth-order valence-electron chi connectivity index (χ4n) is 2.88. The first kappa shape index (κ1) is 20.9. The Morgan fingerprint density at radius 2 is 1.69 bits per heavy atom. The van der Waals surface area contributed by atoms with Gasteiger partial charge in [0.2, 0.25) is 0 Å². The molecule has 1 amide bonds. The lowest BCUT2D eigenvalue weighted by Crippen LogP contribution is -2.31. The number of anilines is 1. The average Bonchev–Trinajstić information content (AvgIpc) is 2.74. The molecular formula is C21H20ClN3O3S. The zero-order chi connectivity index (χ0) is 21.0. The quantitative estimate of drug-likeness (QED) is 0.355. The Hall–Kier alpha value is -2.87. The molecule has 0 saturated carbocycles. The van der Waals surface area contributed by atoms with Crippen LogP contribution in [0.2, 0.25) is 5.02 Å². The average molecular weight is 430 g/mol. The van der Waals surface area contributed by atoms with Gasteiger partial charge in [-0.15, -0.1) is 0 Å². The largest absolute Gasteiger partial charge is 0.290 e. The van der Waals surface area contributed by atoms with E-state index in [1.165, 1.54) is 4.31 Å². The Balaban J connectivity index is 2.06. The molecule has 29 heavy (non-hydrogen) atoms. The number of sulfonamides is 1. The first-order valence-corrected chi connectivity index (χ1v) is 10.6. The van der Waals surface area contributed by atoms with E-state index in [0.717, 1.165) is 5.56 Å². The Morgan fingerprint density at radius 3 is 2.31 bits per heavy atom. The summed E-state index contributed by atoms with van der Waals surface area (Å²) in [5, 5.41) is 0.439. The van der Waals surface area contributed by atoms with E-state index in [4.69, 9.17) is 17.4 Å². The molecule has 6 nitrogen and oxygen atoms in total. The molecule has 3 N–H and O–H groups in total. The highest BCUT2D eigenvalue weighted by Crippen LogP contribution is 2.31. The highest BCUT2D eigenvalue weighted by molar-refractivity contribution is 7.92. The van der Waals surface area contributed by atoms with E-state index in [-0.39, 0.29) is 11.4 Å². The van der Waals surface area contributed by atoms with Crippen molar-refractivity contribution in [3.63, 3.8) is 0 Å². The molecular weight excluding hydrogens is 410 g/mol. The van der Waals surface area contributed by atoms with Gasteiger partial charge in [-0.1, -0.05) is 48.0 Å². The van der Waals surface area contributed by atoms with Crippen LogP contribution in [0.15, 0.2) is 77.7 Å². The summed E-state index contributed by atoms with van der Waals surface area (Å²) in [6, 6.07) is 19.9. The third-order valence-electron chi connectivity index (χ3n) is 4.44. The van der Waals surface area contributed by atoms with Crippen LogP contribution >= 0.6 is 11.6 Å². The van der Waals surface area contributed by atoms with Crippen molar-refractivity contribution in [2.45, 2.75) is 18.4 Å². The topological polar surface area (TPSA) is 92.5 Å². The van der Waals surface area contributed by atoms with Crippen molar-refractivity contribution in [1.82, 2.24) is 5.43 Å². The first-order valence-electron chi connectivity index (χ1n) is 8.77. The van der Waals surface area contributed by atoms with Gasteiger partial charge in [-0.3, -0.25) is 14.5 Å². The molecule has 0 aromatic heterocycles. The smallest absolute Gasteiger partial charge is 0.265 e. The van der Waals surface area contributed by atoms with Gasteiger partial charge in [0.1, 0.15) is 0 Å². The van der Waals surface area contributed by atoms with Crippen molar-refractivity contribution in [2.75, 3.05) is 4.31 Å². The Morgan fingerprint density at radius 1 is 1.03 bits per heavy atom. The van der Waals surface area contributed by atoms with Gasteiger partial charge in [0.15, 0.2) is 0 Å². The highest BCUT2D eigenvalue weighted by Gasteiger charge is 2.26. The molecule has 150 valence electrons. The molecule has 0 bridgehead atoms. The molecule has 3 aromatic carbocycles. The van der Waals surface area contributed by atoms with E-state index in [2.05, 4.69) is 5.43 Å². The first-order chi connectivity index (χ1) is 13.8. The molecule has 0 spiro atoms. The van der Waals surface area contributed by atoms with Gasteiger partial charge in [-0.25, -0.2) is 14.3 Å². The molecule has 3 aromatic rings. The molecule has 8 heteroatoms. The second-order valence-electron chi connectivity index (χ2n) is 6.43. The predicted octanol–water partition coefficient (Wildman–Crippen LogP) is 3.65. The zero-order valence-electron chi connectivity index (χ0n) is 15.7. The van der Waals surface area contributed by atoms with Crippen molar-refractivity contribution in [3.8, 4) is 0 Å². The normalized spacial score (nSPS) is 11.1. The zero-order valence-corrected chi connectivity index (χ0v) is 17.2. The number of hydrazine groups is 1. The molecule has 0 unspecified atom stereocenters. The second kappa shape index (κ2) is 8.65. The number of nitrogens with two attached hydrogens (primary N) is 1. The second-order valence-corrected chi connectivity index (χ2v) is 8.72. The van der Waals surface area contributed by atoms with Crippen LogP contribution in [0, 0.1) is 6.92 Å². The molecule has 0 atom stereocenters. The summed E-state index contributed by atoms with van der Waals surface area (Å²) in [5.74, 6) is 4.73. The van der Waals surface area contributed by atoms with Crippen LogP contribution in [-0.2, 0) is 16.6 Å². The number of hydrogen-bond acceptors (Lipinski definition) is 4. The highest BCUT2D eigenvalue weighted by atomic mass is 35.5. The summed E-state index contributed by atoms with van der Waals surface area (Å²) in [4.78, 5) is 11.8. The number of hydrogen-bond donors (Lipinski definition) is 2. The van der Waals surface area contributed by atoms with E-state index in [9.17, 15) is 13.2 Å². The van der Waals surface area contributed by atoms with E-state index in [1.807, 2.05) is 6.92 Å². The minimum absolute atomic E-state index is 0.0724. The maximum Gasteiger partial charge on any atom is 0.265 e. The molecule has 0 aliphatic heterocycles. The lowest BCUT2D eigenvalue weighted by molar-refractivity contribution is 0.0953. The SMILES string of the molecule is Cc1ccc(Cl)cc1N(Cc1ccc(C(=O)NN)cc1)S(=O)(=O)c1ccccc1.